The standard InChI is InChI=1S/C23H20N2O4S/c1-28-17-11-9-16(10-12-17)24-20(19-8-5-13-30-19)21(22(24)26)25-18(14-29-23(25)27)15-6-3-2-4-7-15/h2-13,18,20-21H,14H2,1H3/t18-,20-,21+/m0/s1. The Labute approximate surface area is 178 Å². The van der Waals surface area contributed by atoms with Gasteiger partial charge in [0.2, 0.25) is 0 Å². The molecule has 152 valence electrons. The lowest BCUT2D eigenvalue weighted by atomic mass is 9.89. The van der Waals surface area contributed by atoms with E-state index in [1.165, 1.54) is 0 Å². The Bertz CT molecular complexity index is 1050. The molecule has 30 heavy (non-hydrogen) atoms. The van der Waals surface area contributed by atoms with Gasteiger partial charge in [0.15, 0.2) is 0 Å². The fourth-order valence-electron chi connectivity index (χ4n) is 4.19. The molecular weight excluding hydrogens is 400 g/mol. The van der Waals surface area contributed by atoms with Gasteiger partial charge in [-0.05, 0) is 41.3 Å². The van der Waals surface area contributed by atoms with Gasteiger partial charge in [-0.3, -0.25) is 14.6 Å². The van der Waals surface area contributed by atoms with Gasteiger partial charge in [0.25, 0.3) is 5.91 Å². The zero-order valence-electron chi connectivity index (χ0n) is 16.3. The van der Waals surface area contributed by atoms with Crippen molar-refractivity contribution in [2.24, 2.45) is 0 Å². The number of methoxy groups -OCH3 is 1. The van der Waals surface area contributed by atoms with Crippen LogP contribution in [0.1, 0.15) is 22.5 Å². The molecule has 2 fully saturated rings. The topological polar surface area (TPSA) is 59.1 Å². The molecule has 0 aliphatic carbocycles. The number of carbonyl (C=O) groups excluding carboxylic acids is 2. The Morgan fingerprint density at radius 2 is 1.73 bits per heavy atom. The molecule has 0 bridgehead atoms. The summed E-state index contributed by atoms with van der Waals surface area (Å²) in [6.07, 6.45) is -0.446. The van der Waals surface area contributed by atoms with E-state index >= 15 is 0 Å². The van der Waals surface area contributed by atoms with E-state index in [0.717, 1.165) is 21.9 Å². The second kappa shape index (κ2) is 7.50. The van der Waals surface area contributed by atoms with Crippen LogP contribution in [0.2, 0.25) is 0 Å². The smallest absolute Gasteiger partial charge is 0.411 e. The number of ether oxygens (including phenoxy) is 2. The molecule has 1 aromatic heterocycles. The van der Waals surface area contributed by atoms with Crippen molar-refractivity contribution < 1.29 is 19.1 Å². The van der Waals surface area contributed by atoms with E-state index < -0.39 is 12.1 Å². The molecule has 2 aliphatic heterocycles. The van der Waals surface area contributed by atoms with Gasteiger partial charge in [0.05, 0.1) is 13.2 Å². The van der Waals surface area contributed by atoms with Gasteiger partial charge in [0, 0.05) is 10.6 Å². The van der Waals surface area contributed by atoms with Gasteiger partial charge in [-0.2, -0.15) is 0 Å². The first-order chi connectivity index (χ1) is 14.7. The first-order valence-corrected chi connectivity index (χ1v) is 10.6. The van der Waals surface area contributed by atoms with Crippen LogP contribution >= 0.6 is 11.3 Å². The number of amides is 2. The number of cyclic esters (lactones) is 1. The number of rotatable bonds is 5. The van der Waals surface area contributed by atoms with Crippen LogP contribution in [0.5, 0.6) is 5.75 Å². The van der Waals surface area contributed by atoms with Crippen molar-refractivity contribution in [3.63, 3.8) is 0 Å². The van der Waals surface area contributed by atoms with Crippen LogP contribution in [0.3, 0.4) is 0 Å². The van der Waals surface area contributed by atoms with Crippen LogP contribution in [0.4, 0.5) is 10.5 Å². The van der Waals surface area contributed by atoms with E-state index in [4.69, 9.17) is 9.47 Å². The second-order valence-corrected chi connectivity index (χ2v) is 8.20. The molecule has 3 heterocycles. The van der Waals surface area contributed by atoms with Crippen molar-refractivity contribution in [3.05, 3.63) is 82.6 Å². The van der Waals surface area contributed by atoms with Crippen LogP contribution in [-0.2, 0) is 9.53 Å². The summed E-state index contributed by atoms with van der Waals surface area (Å²) in [7, 11) is 1.61. The molecule has 2 aromatic carbocycles. The minimum Gasteiger partial charge on any atom is -0.497 e. The molecule has 2 saturated heterocycles. The number of benzene rings is 2. The average molecular weight is 420 g/mol. The van der Waals surface area contributed by atoms with Gasteiger partial charge in [-0.15, -0.1) is 11.3 Å². The van der Waals surface area contributed by atoms with Crippen LogP contribution in [0.25, 0.3) is 0 Å². The molecule has 3 atom stereocenters. The molecule has 6 nitrogen and oxygen atoms in total. The highest BCUT2D eigenvalue weighted by atomic mass is 32.1. The lowest BCUT2D eigenvalue weighted by Gasteiger charge is -2.50. The third-order valence-electron chi connectivity index (χ3n) is 5.65. The van der Waals surface area contributed by atoms with Crippen molar-refractivity contribution in [2.45, 2.75) is 18.1 Å². The number of anilines is 1. The number of carbonyl (C=O) groups is 2. The van der Waals surface area contributed by atoms with Gasteiger partial charge >= 0.3 is 6.09 Å². The predicted octanol–water partition coefficient (Wildman–Crippen LogP) is 4.41. The van der Waals surface area contributed by atoms with Gasteiger partial charge in [-0.25, -0.2) is 4.79 Å². The quantitative estimate of drug-likeness (QED) is 0.574. The largest absolute Gasteiger partial charge is 0.497 e. The molecule has 2 aliphatic rings. The zero-order chi connectivity index (χ0) is 20.7. The molecule has 7 heteroatoms. The second-order valence-electron chi connectivity index (χ2n) is 7.22. The SMILES string of the molecule is COc1ccc(N2C(=O)[C@H](N3C(=O)OC[C@H]3c3ccccc3)[C@@H]2c2cccs2)cc1. The number of β-lactam (4-membered cyclic amide) rings is 1. The van der Waals surface area contributed by atoms with Crippen LogP contribution in [0, 0.1) is 0 Å². The Kier molecular flexibility index (Phi) is 4.67. The molecule has 0 N–H and O–H groups in total. The van der Waals surface area contributed by atoms with E-state index in [-0.39, 0.29) is 24.6 Å². The van der Waals surface area contributed by atoms with Crippen molar-refractivity contribution >= 4 is 29.0 Å². The summed E-state index contributed by atoms with van der Waals surface area (Å²) in [4.78, 5) is 30.5. The van der Waals surface area contributed by atoms with E-state index in [2.05, 4.69) is 0 Å². The maximum absolute atomic E-state index is 13.4. The Morgan fingerprint density at radius 3 is 2.40 bits per heavy atom. The molecule has 0 saturated carbocycles. The van der Waals surface area contributed by atoms with E-state index in [9.17, 15) is 9.59 Å². The summed E-state index contributed by atoms with van der Waals surface area (Å²) < 4.78 is 10.6. The van der Waals surface area contributed by atoms with Crippen molar-refractivity contribution in [1.82, 2.24) is 4.90 Å². The average Bonchev–Trinajstić information content (AvgIpc) is 3.43. The normalized spacial score (nSPS) is 23.3. The van der Waals surface area contributed by atoms with Crippen molar-refractivity contribution in [1.29, 1.82) is 0 Å². The van der Waals surface area contributed by atoms with Crippen LogP contribution in [0.15, 0.2) is 72.1 Å². The Morgan fingerprint density at radius 1 is 0.967 bits per heavy atom. The highest BCUT2D eigenvalue weighted by molar-refractivity contribution is 7.10. The summed E-state index contributed by atoms with van der Waals surface area (Å²) in [5, 5.41) is 1.98. The number of hydrogen-bond acceptors (Lipinski definition) is 5. The monoisotopic (exact) mass is 420 g/mol. The third-order valence-corrected chi connectivity index (χ3v) is 6.59. The Hall–Kier alpha value is -3.32. The van der Waals surface area contributed by atoms with Gasteiger partial charge < -0.3 is 9.47 Å². The maximum Gasteiger partial charge on any atom is 0.411 e. The highest BCUT2D eigenvalue weighted by Gasteiger charge is 2.57. The van der Waals surface area contributed by atoms with Crippen LogP contribution in [-0.4, -0.2) is 36.7 Å². The lowest BCUT2D eigenvalue weighted by molar-refractivity contribution is -0.131. The molecule has 0 radical (unpaired) electrons. The molecule has 3 aromatic rings. The molecule has 0 spiro atoms. The van der Waals surface area contributed by atoms with Crippen molar-refractivity contribution in [3.8, 4) is 5.75 Å². The molecule has 0 unspecified atom stereocenters. The number of hydrogen-bond donors (Lipinski definition) is 0. The maximum atomic E-state index is 13.4. The van der Waals surface area contributed by atoms with E-state index in [1.54, 1.807) is 28.2 Å². The summed E-state index contributed by atoms with van der Waals surface area (Å²) in [5.74, 6) is 0.613. The molecule has 5 rings (SSSR count). The first kappa shape index (κ1) is 18.7. The Balaban J connectivity index is 1.52. The fraction of sp³-hybridized carbons (Fsp3) is 0.217. The molecular formula is C23H20N2O4S. The summed E-state index contributed by atoms with van der Waals surface area (Å²) in [5.41, 5.74) is 1.74. The molecule has 2 amide bonds. The zero-order valence-corrected chi connectivity index (χ0v) is 17.1. The first-order valence-electron chi connectivity index (χ1n) is 9.69. The lowest BCUT2D eigenvalue weighted by Crippen LogP contribution is -2.66. The summed E-state index contributed by atoms with van der Waals surface area (Å²) >= 11 is 1.58. The number of thiophene rings is 1. The third kappa shape index (κ3) is 2.93. The summed E-state index contributed by atoms with van der Waals surface area (Å²) in [6.45, 7) is 0.242. The van der Waals surface area contributed by atoms with Crippen molar-refractivity contribution in [2.75, 3.05) is 18.6 Å². The predicted molar refractivity (Wildman–Crippen MR) is 114 cm³/mol. The van der Waals surface area contributed by atoms with E-state index in [0.29, 0.717) is 0 Å². The summed E-state index contributed by atoms with van der Waals surface area (Å²) in [6, 6.07) is 19.9. The highest BCUT2D eigenvalue weighted by Crippen LogP contribution is 2.47. The van der Waals surface area contributed by atoms with Gasteiger partial charge in [0.1, 0.15) is 24.4 Å². The number of nitrogens with zero attached hydrogens (tertiary/aromatic N) is 2. The van der Waals surface area contributed by atoms with Crippen LogP contribution < -0.4 is 9.64 Å². The fourth-order valence-corrected chi connectivity index (χ4v) is 5.03. The minimum atomic E-state index is -0.606. The minimum absolute atomic E-state index is 0.113. The van der Waals surface area contributed by atoms with Gasteiger partial charge in [-0.1, -0.05) is 36.4 Å². The van der Waals surface area contributed by atoms with E-state index in [1.807, 2.05) is 72.1 Å².